The highest BCUT2D eigenvalue weighted by atomic mass is 35.5. The lowest BCUT2D eigenvalue weighted by molar-refractivity contribution is -0.116. The van der Waals surface area contributed by atoms with Gasteiger partial charge in [0.2, 0.25) is 0 Å². The van der Waals surface area contributed by atoms with Gasteiger partial charge >= 0.3 is 0 Å². The van der Waals surface area contributed by atoms with Crippen molar-refractivity contribution in [3.63, 3.8) is 0 Å². The summed E-state index contributed by atoms with van der Waals surface area (Å²) in [6, 6.07) is 14.1. The van der Waals surface area contributed by atoms with E-state index in [1.54, 1.807) is 7.11 Å². The molecule has 1 aliphatic heterocycles. The first-order valence-electron chi connectivity index (χ1n) is 9.45. The first kappa shape index (κ1) is 18.3. The summed E-state index contributed by atoms with van der Waals surface area (Å²) in [6.45, 7) is 2.06. The maximum Gasteiger partial charge on any atom is 0.252 e. The summed E-state index contributed by atoms with van der Waals surface area (Å²) in [5.41, 5.74) is 4.87. The molecule has 140 valence electrons. The number of methoxy groups -OCH3 is 1. The molecule has 0 atom stereocenters. The number of hydrogen-bond donors (Lipinski definition) is 1. The van der Waals surface area contributed by atoms with Gasteiger partial charge in [0.05, 0.1) is 11.6 Å². The molecule has 27 heavy (non-hydrogen) atoms. The normalized spacial score (nSPS) is 24.8. The number of ether oxygens (including phenoxy) is 1. The molecule has 2 aliphatic rings. The number of hydrogen-bond acceptors (Lipinski definition) is 2. The van der Waals surface area contributed by atoms with Crippen LogP contribution in [-0.2, 0) is 9.53 Å². The Hall–Kier alpha value is -2.10. The number of carbonyl (C=O) groups is 1. The van der Waals surface area contributed by atoms with Gasteiger partial charge < -0.3 is 10.1 Å². The second kappa shape index (κ2) is 7.14. The average molecular weight is 382 g/mol. The third-order valence-electron chi connectivity index (χ3n) is 5.89. The fourth-order valence-corrected chi connectivity index (χ4v) is 4.34. The van der Waals surface area contributed by atoms with E-state index in [4.69, 9.17) is 16.3 Å². The second-order valence-electron chi connectivity index (χ2n) is 7.64. The third kappa shape index (κ3) is 3.54. The minimum absolute atomic E-state index is 0.0298. The highest BCUT2D eigenvalue weighted by Crippen LogP contribution is 2.39. The summed E-state index contributed by atoms with van der Waals surface area (Å²) in [7, 11) is 1.77. The summed E-state index contributed by atoms with van der Waals surface area (Å²) in [6.07, 6.45) is 6.27. The zero-order chi connectivity index (χ0) is 19.0. The van der Waals surface area contributed by atoms with E-state index in [0.717, 1.165) is 58.5 Å². The lowest BCUT2D eigenvalue weighted by Crippen LogP contribution is -2.46. The molecule has 1 aliphatic carbocycles. The number of rotatable bonds is 3. The predicted octanol–water partition coefficient (Wildman–Crippen LogP) is 5.16. The largest absolute Gasteiger partial charge is 0.381 e. The van der Waals surface area contributed by atoms with Gasteiger partial charge in [-0.25, -0.2) is 0 Å². The summed E-state index contributed by atoms with van der Waals surface area (Å²) in [4.78, 5) is 12.8. The van der Waals surface area contributed by atoms with Gasteiger partial charge in [-0.2, -0.15) is 0 Å². The Morgan fingerprint density at radius 2 is 1.74 bits per heavy atom. The molecule has 0 radical (unpaired) electrons. The van der Waals surface area contributed by atoms with E-state index < -0.39 is 0 Å². The maximum atomic E-state index is 12.8. The van der Waals surface area contributed by atoms with Crippen molar-refractivity contribution < 1.29 is 9.53 Å². The van der Waals surface area contributed by atoms with Gasteiger partial charge in [0.1, 0.15) is 0 Å². The van der Waals surface area contributed by atoms with Gasteiger partial charge in [0, 0.05) is 17.7 Å². The smallest absolute Gasteiger partial charge is 0.252 e. The molecule has 0 unspecified atom stereocenters. The highest BCUT2D eigenvalue weighted by Gasteiger charge is 2.41. The van der Waals surface area contributed by atoms with Crippen LogP contribution in [0.4, 0.5) is 0 Å². The van der Waals surface area contributed by atoms with Crippen LogP contribution in [0.2, 0.25) is 5.02 Å². The van der Waals surface area contributed by atoms with E-state index in [2.05, 4.69) is 36.5 Å². The van der Waals surface area contributed by atoms with Crippen LogP contribution in [0.5, 0.6) is 0 Å². The van der Waals surface area contributed by atoms with Crippen molar-refractivity contribution in [3.8, 4) is 11.1 Å². The molecular weight excluding hydrogens is 358 g/mol. The Bertz CT molecular complexity index is 893. The van der Waals surface area contributed by atoms with E-state index in [1.165, 1.54) is 0 Å². The minimum Gasteiger partial charge on any atom is -0.381 e. The Labute approximate surface area is 165 Å². The molecule has 1 N–H and O–H groups in total. The predicted molar refractivity (Wildman–Crippen MR) is 110 cm³/mol. The molecule has 1 fully saturated rings. The van der Waals surface area contributed by atoms with E-state index in [1.807, 2.05) is 24.3 Å². The van der Waals surface area contributed by atoms with Crippen LogP contribution in [0.15, 0.2) is 48.5 Å². The summed E-state index contributed by atoms with van der Waals surface area (Å²) < 4.78 is 5.48. The molecule has 4 heteroatoms. The second-order valence-corrected chi connectivity index (χ2v) is 8.08. The fourth-order valence-electron chi connectivity index (χ4n) is 4.22. The summed E-state index contributed by atoms with van der Waals surface area (Å²) in [5, 5.41) is 3.97. The van der Waals surface area contributed by atoms with E-state index in [0.29, 0.717) is 6.10 Å². The number of benzene rings is 2. The topological polar surface area (TPSA) is 38.3 Å². The van der Waals surface area contributed by atoms with Crippen LogP contribution in [0.3, 0.4) is 0 Å². The molecule has 1 saturated carbocycles. The Morgan fingerprint density at radius 1 is 1.07 bits per heavy atom. The van der Waals surface area contributed by atoms with Gasteiger partial charge in [-0.15, -0.1) is 0 Å². The standard InChI is InChI=1S/C23H24ClNO2/c1-15-3-4-17(16-5-7-18(24)8-6-16)13-20(15)21-14-23(25-22(21)26)11-9-19(27-2)10-12-23/h3-8,13-14,19H,9-12H2,1-2H3,(H,25,26)/t19-,23+. The minimum atomic E-state index is -0.218. The lowest BCUT2D eigenvalue weighted by atomic mass is 9.80. The number of halogens is 1. The van der Waals surface area contributed by atoms with Gasteiger partial charge in [0.15, 0.2) is 0 Å². The molecule has 0 aromatic heterocycles. The van der Waals surface area contributed by atoms with Gasteiger partial charge in [-0.1, -0.05) is 35.9 Å². The number of nitrogens with one attached hydrogen (secondary N) is 1. The van der Waals surface area contributed by atoms with Crippen LogP contribution in [0.25, 0.3) is 16.7 Å². The first-order chi connectivity index (χ1) is 13.0. The number of amides is 1. The first-order valence-corrected chi connectivity index (χ1v) is 9.83. The Morgan fingerprint density at radius 3 is 2.41 bits per heavy atom. The molecule has 1 heterocycles. The quantitative estimate of drug-likeness (QED) is 0.797. The molecule has 4 rings (SSSR count). The van der Waals surface area contributed by atoms with Crippen molar-refractivity contribution in [1.29, 1.82) is 0 Å². The molecule has 2 aromatic rings. The van der Waals surface area contributed by atoms with Crippen molar-refractivity contribution in [2.45, 2.75) is 44.2 Å². The third-order valence-corrected chi connectivity index (χ3v) is 6.14. The molecular formula is C23H24ClNO2. The van der Waals surface area contributed by atoms with Crippen molar-refractivity contribution in [2.24, 2.45) is 0 Å². The van der Waals surface area contributed by atoms with Crippen LogP contribution >= 0.6 is 11.6 Å². The zero-order valence-corrected chi connectivity index (χ0v) is 16.5. The van der Waals surface area contributed by atoms with Crippen molar-refractivity contribution >= 4 is 23.1 Å². The van der Waals surface area contributed by atoms with Gasteiger partial charge in [-0.3, -0.25) is 4.79 Å². The zero-order valence-electron chi connectivity index (χ0n) is 15.7. The van der Waals surface area contributed by atoms with Crippen LogP contribution < -0.4 is 5.32 Å². The Balaban J connectivity index is 1.68. The molecule has 0 bridgehead atoms. The van der Waals surface area contributed by atoms with Crippen molar-refractivity contribution in [1.82, 2.24) is 5.32 Å². The number of aryl methyl sites for hydroxylation is 1. The molecule has 0 saturated heterocycles. The van der Waals surface area contributed by atoms with Crippen LogP contribution in [0.1, 0.15) is 36.8 Å². The highest BCUT2D eigenvalue weighted by molar-refractivity contribution is 6.30. The lowest BCUT2D eigenvalue weighted by Gasteiger charge is -2.35. The Kier molecular flexibility index (Phi) is 4.83. The van der Waals surface area contributed by atoms with E-state index in [-0.39, 0.29) is 11.4 Å². The van der Waals surface area contributed by atoms with Crippen LogP contribution in [0, 0.1) is 6.92 Å². The van der Waals surface area contributed by atoms with Crippen LogP contribution in [-0.4, -0.2) is 24.7 Å². The molecule has 2 aromatic carbocycles. The summed E-state index contributed by atoms with van der Waals surface area (Å²) in [5.74, 6) is 0.0298. The van der Waals surface area contributed by atoms with E-state index >= 15 is 0 Å². The molecule has 1 amide bonds. The van der Waals surface area contributed by atoms with Crippen molar-refractivity contribution in [3.05, 3.63) is 64.7 Å². The van der Waals surface area contributed by atoms with Gasteiger partial charge in [0.25, 0.3) is 5.91 Å². The maximum absolute atomic E-state index is 12.8. The fraction of sp³-hybridized carbons (Fsp3) is 0.348. The summed E-state index contributed by atoms with van der Waals surface area (Å²) >= 11 is 6.01. The number of carbonyl (C=O) groups excluding carboxylic acids is 1. The SMILES string of the molecule is CO[C@H]1CC[C@]2(C=C(c3cc(-c4ccc(Cl)cc4)ccc3C)C(=O)N2)CC1. The van der Waals surface area contributed by atoms with E-state index in [9.17, 15) is 4.79 Å². The monoisotopic (exact) mass is 381 g/mol. The molecule has 3 nitrogen and oxygen atoms in total. The molecule has 1 spiro atoms. The average Bonchev–Trinajstić information content (AvgIpc) is 2.99. The van der Waals surface area contributed by atoms with Gasteiger partial charge in [-0.05, 0) is 79.1 Å². The van der Waals surface area contributed by atoms with Crippen molar-refractivity contribution in [2.75, 3.05) is 7.11 Å².